The van der Waals surface area contributed by atoms with Crippen LogP contribution < -0.4 is 0 Å². The molecule has 4 heteroatoms. The number of rotatable bonds is 2. The second-order valence-corrected chi connectivity index (χ2v) is 7.19. The third-order valence-corrected chi connectivity index (χ3v) is 4.93. The molecule has 0 aliphatic rings. The first kappa shape index (κ1) is 13.8. The lowest BCUT2D eigenvalue weighted by molar-refractivity contribution is 1.16. The molecule has 0 saturated heterocycles. The highest BCUT2D eigenvalue weighted by Crippen LogP contribution is 2.28. The van der Waals surface area contributed by atoms with Gasteiger partial charge >= 0.3 is 0 Å². The van der Waals surface area contributed by atoms with Gasteiger partial charge in [-0.2, -0.15) is 0 Å². The Morgan fingerprint density at radius 1 is 0.647 bits per heavy atom. The van der Waals surface area contributed by atoms with Crippen molar-refractivity contribution in [2.75, 3.05) is 0 Å². The summed E-state index contributed by atoms with van der Waals surface area (Å²) in [5.74, 6) is 0. The van der Waals surface area contributed by atoms with Crippen molar-refractivity contribution in [2.24, 2.45) is 0 Å². The summed E-state index contributed by atoms with van der Waals surface area (Å²) in [4.78, 5) is 0. The van der Waals surface area contributed by atoms with Crippen molar-refractivity contribution >= 4 is 63.7 Å². The molecule has 0 aromatic heterocycles. The van der Waals surface area contributed by atoms with Gasteiger partial charge in [-0.15, -0.1) is 0 Å². The van der Waals surface area contributed by atoms with Gasteiger partial charge in [0, 0.05) is 17.9 Å². The van der Waals surface area contributed by atoms with E-state index in [1.165, 1.54) is 11.1 Å². The van der Waals surface area contributed by atoms with Crippen LogP contribution in [0.25, 0.3) is 0 Å². The third kappa shape index (κ3) is 3.66. The highest BCUT2D eigenvalue weighted by Gasteiger charge is 2.06. The van der Waals surface area contributed by atoms with Crippen LogP contribution in [-0.2, 0) is 6.42 Å². The number of benzene rings is 2. The zero-order chi connectivity index (χ0) is 12.4. The highest BCUT2D eigenvalue weighted by molar-refractivity contribution is 9.11. The van der Waals surface area contributed by atoms with Gasteiger partial charge < -0.3 is 0 Å². The smallest absolute Gasteiger partial charge is 0.0211 e. The summed E-state index contributed by atoms with van der Waals surface area (Å²) in [5.41, 5.74) is 2.52. The Labute approximate surface area is 134 Å². The zero-order valence-electron chi connectivity index (χ0n) is 8.68. The fourth-order valence-corrected chi connectivity index (χ4v) is 3.15. The van der Waals surface area contributed by atoms with E-state index in [-0.39, 0.29) is 0 Å². The highest BCUT2D eigenvalue weighted by atomic mass is 79.9. The SMILES string of the molecule is Brc1ccc(Br)c(Cc2cc(Br)ccc2Br)c1. The monoisotopic (exact) mass is 480 g/mol. The minimum absolute atomic E-state index is 0.889. The molecular formula is C13H8Br4. The summed E-state index contributed by atoms with van der Waals surface area (Å²) in [5, 5.41) is 0. The molecule has 0 N–H and O–H groups in total. The van der Waals surface area contributed by atoms with Crippen molar-refractivity contribution < 1.29 is 0 Å². The van der Waals surface area contributed by atoms with Gasteiger partial charge in [0.1, 0.15) is 0 Å². The molecule has 2 aromatic rings. The van der Waals surface area contributed by atoms with Gasteiger partial charge in [0.05, 0.1) is 0 Å². The topological polar surface area (TPSA) is 0 Å². The Hall–Kier alpha value is 0.360. The van der Waals surface area contributed by atoms with Crippen LogP contribution in [0.15, 0.2) is 54.3 Å². The molecule has 88 valence electrons. The van der Waals surface area contributed by atoms with Gasteiger partial charge in [0.25, 0.3) is 0 Å². The molecule has 0 aliphatic heterocycles. The van der Waals surface area contributed by atoms with Crippen LogP contribution in [0.3, 0.4) is 0 Å². The minimum atomic E-state index is 0.889. The average Bonchev–Trinajstić information content (AvgIpc) is 2.28. The molecule has 0 bridgehead atoms. The molecule has 2 rings (SSSR count). The summed E-state index contributed by atoms with van der Waals surface area (Å²) in [7, 11) is 0. The summed E-state index contributed by atoms with van der Waals surface area (Å²) in [6.45, 7) is 0. The van der Waals surface area contributed by atoms with E-state index < -0.39 is 0 Å². The quantitative estimate of drug-likeness (QED) is 0.468. The van der Waals surface area contributed by atoms with Crippen LogP contribution in [0.4, 0.5) is 0 Å². The van der Waals surface area contributed by atoms with Gasteiger partial charge in [-0.3, -0.25) is 0 Å². The standard InChI is InChI=1S/C13H8Br4/c14-10-1-3-12(16)8(6-10)5-9-7-11(15)2-4-13(9)17/h1-4,6-7H,5H2. The summed E-state index contributed by atoms with van der Waals surface area (Å²) >= 11 is 14.2. The van der Waals surface area contributed by atoms with E-state index in [0.717, 1.165) is 24.3 Å². The maximum Gasteiger partial charge on any atom is 0.0211 e. The van der Waals surface area contributed by atoms with Crippen molar-refractivity contribution in [3.05, 3.63) is 65.4 Å². The molecule has 17 heavy (non-hydrogen) atoms. The van der Waals surface area contributed by atoms with E-state index in [0.29, 0.717) is 0 Å². The lowest BCUT2D eigenvalue weighted by Crippen LogP contribution is -1.91. The maximum atomic E-state index is 3.58. The first-order valence-electron chi connectivity index (χ1n) is 4.94. The summed E-state index contributed by atoms with van der Waals surface area (Å²) in [6.07, 6.45) is 0.889. The fraction of sp³-hybridized carbons (Fsp3) is 0.0769. The molecule has 0 spiro atoms. The van der Waals surface area contributed by atoms with Crippen LogP contribution in [-0.4, -0.2) is 0 Å². The van der Waals surface area contributed by atoms with Crippen LogP contribution in [0.5, 0.6) is 0 Å². The Balaban J connectivity index is 2.37. The molecular weight excluding hydrogens is 476 g/mol. The second-order valence-electron chi connectivity index (χ2n) is 3.65. The van der Waals surface area contributed by atoms with Crippen molar-refractivity contribution in [3.63, 3.8) is 0 Å². The molecule has 0 atom stereocenters. The zero-order valence-corrected chi connectivity index (χ0v) is 15.0. The molecule has 0 aliphatic carbocycles. The molecule has 0 unspecified atom stereocenters. The summed E-state index contributed by atoms with van der Waals surface area (Å²) < 4.78 is 4.46. The predicted octanol–water partition coefficient (Wildman–Crippen LogP) is 6.33. The average molecular weight is 484 g/mol. The molecule has 0 fully saturated rings. The number of hydrogen-bond acceptors (Lipinski definition) is 0. The van der Waals surface area contributed by atoms with E-state index >= 15 is 0 Å². The molecule has 0 radical (unpaired) electrons. The van der Waals surface area contributed by atoms with Gasteiger partial charge in [-0.25, -0.2) is 0 Å². The number of halogens is 4. The minimum Gasteiger partial charge on any atom is -0.0508 e. The Kier molecular flexibility index (Phi) is 4.87. The predicted molar refractivity (Wildman–Crippen MR) is 86.5 cm³/mol. The maximum absolute atomic E-state index is 3.58. The lowest BCUT2D eigenvalue weighted by Gasteiger charge is -2.08. The summed E-state index contributed by atoms with van der Waals surface area (Å²) in [6, 6.07) is 12.5. The van der Waals surface area contributed by atoms with Gasteiger partial charge in [-0.1, -0.05) is 63.7 Å². The normalized spacial score (nSPS) is 10.6. The lowest BCUT2D eigenvalue weighted by atomic mass is 10.1. The first-order valence-corrected chi connectivity index (χ1v) is 8.11. The molecule has 0 nitrogen and oxygen atoms in total. The van der Waals surface area contributed by atoms with Crippen molar-refractivity contribution in [1.29, 1.82) is 0 Å². The van der Waals surface area contributed by atoms with E-state index in [4.69, 9.17) is 0 Å². The van der Waals surface area contributed by atoms with Crippen LogP contribution in [0, 0.1) is 0 Å². The van der Waals surface area contributed by atoms with E-state index in [1.807, 2.05) is 12.1 Å². The Bertz CT molecular complexity index is 500. The molecule has 2 aromatic carbocycles. The van der Waals surface area contributed by atoms with Crippen molar-refractivity contribution in [3.8, 4) is 0 Å². The molecule has 0 heterocycles. The molecule has 0 saturated carbocycles. The van der Waals surface area contributed by atoms with Gasteiger partial charge in [0.15, 0.2) is 0 Å². The van der Waals surface area contributed by atoms with Crippen molar-refractivity contribution in [1.82, 2.24) is 0 Å². The van der Waals surface area contributed by atoms with E-state index in [1.54, 1.807) is 0 Å². The largest absolute Gasteiger partial charge is 0.0508 e. The second kappa shape index (κ2) is 6.00. The third-order valence-electron chi connectivity index (χ3n) is 2.40. The van der Waals surface area contributed by atoms with E-state index in [2.05, 4.69) is 88.0 Å². The van der Waals surface area contributed by atoms with Crippen molar-refractivity contribution in [2.45, 2.75) is 6.42 Å². The van der Waals surface area contributed by atoms with Crippen LogP contribution in [0.1, 0.15) is 11.1 Å². The fourth-order valence-electron chi connectivity index (χ4n) is 1.56. The number of hydrogen-bond donors (Lipinski definition) is 0. The Morgan fingerprint density at radius 3 is 1.47 bits per heavy atom. The first-order chi connectivity index (χ1) is 8.06. The van der Waals surface area contributed by atoms with Crippen LogP contribution in [0.2, 0.25) is 0 Å². The molecule has 0 amide bonds. The van der Waals surface area contributed by atoms with Crippen LogP contribution >= 0.6 is 63.7 Å². The van der Waals surface area contributed by atoms with Gasteiger partial charge in [0.2, 0.25) is 0 Å². The Morgan fingerprint density at radius 2 is 1.06 bits per heavy atom. The van der Waals surface area contributed by atoms with E-state index in [9.17, 15) is 0 Å². The van der Waals surface area contributed by atoms with Gasteiger partial charge in [-0.05, 0) is 53.9 Å².